The van der Waals surface area contributed by atoms with E-state index in [2.05, 4.69) is 15.1 Å². The number of benzene rings is 2. The Labute approximate surface area is 158 Å². The molecule has 0 aliphatic rings. The minimum absolute atomic E-state index is 0.198. The lowest BCUT2D eigenvalue weighted by Gasteiger charge is -2.06. The van der Waals surface area contributed by atoms with Crippen LogP contribution in [-0.4, -0.2) is 26.9 Å². The van der Waals surface area contributed by atoms with Gasteiger partial charge in [-0.05, 0) is 29.8 Å². The van der Waals surface area contributed by atoms with Crippen LogP contribution in [0.2, 0.25) is 0 Å². The standard InChI is InChI=1S/C19H15FN4O2S/c1-26-16-8-7-12(9-15(16)20)11-27-19-22-17-14(18(25)23-19)10-21-24(17)13-5-3-2-4-6-13/h2-10H,11H2,1H3,(H,22,23,25). The molecule has 4 rings (SSSR count). The highest BCUT2D eigenvalue weighted by molar-refractivity contribution is 7.98. The number of ether oxygens (including phenoxy) is 1. The second-order valence-electron chi connectivity index (χ2n) is 5.76. The van der Waals surface area contributed by atoms with E-state index in [-0.39, 0.29) is 11.3 Å². The van der Waals surface area contributed by atoms with E-state index in [1.54, 1.807) is 16.8 Å². The largest absolute Gasteiger partial charge is 0.494 e. The number of hydrogen-bond donors (Lipinski definition) is 1. The summed E-state index contributed by atoms with van der Waals surface area (Å²) in [6, 6.07) is 14.2. The molecule has 8 heteroatoms. The monoisotopic (exact) mass is 382 g/mol. The molecule has 0 atom stereocenters. The number of hydrogen-bond acceptors (Lipinski definition) is 5. The lowest BCUT2D eigenvalue weighted by molar-refractivity contribution is 0.386. The molecule has 4 aromatic rings. The van der Waals surface area contributed by atoms with Gasteiger partial charge in [-0.1, -0.05) is 36.0 Å². The van der Waals surface area contributed by atoms with Crippen LogP contribution in [0.1, 0.15) is 5.56 Å². The second kappa shape index (κ2) is 7.24. The Morgan fingerprint density at radius 2 is 2.04 bits per heavy atom. The third-order valence-corrected chi connectivity index (χ3v) is 4.95. The summed E-state index contributed by atoms with van der Waals surface area (Å²) in [6.45, 7) is 0. The molecule has 0 amide bonds. The summed E-state index contributed by atoms with van der Waals surface area (Å²) >= 11 is 1.32. The average molecular weight is 382 g/mol. The summed E-state index contributed by atoms with van der Waals surface area (Å²) in [4.78, 5) is 19.6. The molecule has 0 bridgehead atoms. The molecule has 0 aliphatic heterocycles. The van der Waals surface area contributed by atoms with Gasteiger partial charge in [0.1, 0.15) is 5.39 Å². The van der Waals surface area contributed by atoms with Crippen LogP contribution < -0.4 is 10.3 Å². The summed E-state index contributed by atoms with van der Waals surface area (Å²) < 4.78 is 20.4. The third kappa shape index (κ3) is 3.43. The quantitative estimate of drug-likeness (QED) is 0.422. The zero-order valence-electron chi connectivity index (χ0n) is 14.3. The van der Waals surface area contributed by atoms with Crippen LogP contribution in [0.4, 0.5) is 4.39 Å². The van der Waals surface area contributed by atoms with Crippen molar-refractivity contribution >= 4 is 22.8 Å². The van der Waals surface area contributed by atoms with Crippen molar-refractivity contribution in [1.82, 2.24) is 19.7 Å². The minimum atomic E-state index is -0.422. The summed E-state index contributed by atoms with van der Waals surface area (Å²) in [5.41, 5.74) is 1.80. The number of thioether (sulfide) groups is 1. The number of aromatic nitrogens is 4. The second-order valence-corrected chi connectivity index (χ2v) is 6.72. The van der Waals surface area contributed by atoms with Gasteiger partial charge in [0.2, 0.25) is 0 Å². The van der Waals surface area contributed by atoms with E-state index < -0.39 is 5.82 Å². The molecule has 2 aromatic carbocycles. The molecule has 0 spiro atoms. The molecule has 0 aliphatic carbocycles. The zero-order chi connectivity index (χ0) is 18.8. The van der Waals surface area contributed by atoms with Gasteiger partial charge in [-0.25, -0.2) is 14.1 Å². The first-order valence-corrected chi connectivity index (χ1v) is 9.13. The molecule has 2 aromatic heterocycles. The van der Waals surface area contributed by atoms with Gasteiger partial charge in [-0.3, -0.25) is 4.79 Å². The van der Waals surface area contributed by atoms with Crippen molar-refractivity contribution in [1.29, 1.82) is 0 Å². The van der Waals surface area contributed by atoms with Gasteiger partial charge in [-0.15, -0.1) is 0 Å². The van der Waals surface area contributed by atoms with Crippen molar-refractivity contribution in [2.24, 2.45) is 0 Å². The topological polar surface area (TPSA) is 72.8 Å². The number of methoxy groups -OCH3 is 1. The third-order valence-electron chi connectivity index (χ3n) is 4.01. The number of nitrogens with one attached hydrogen (secondary N) is 1. The highest BCUT2D eigenvalue weighted by atomic mass is 32.2. The smallest absolute Gasteiger partial charge is 0.262 e. The van der Waals surface area contributed by atoms with Gasteiger partial charge in [0, 0.05) is 5.75 Å². The van der Waals surface area contributed by atoms with Gasteiger partial charge >= 0.3 is 0 Å². The summed E-state index contributed by atoms with van der Waals surface area (Å²) in [6.07, 6.45) is 1.50. The lowest BCUT2D eigenvalue weighted by atomic mass is 10.2. The number of para-hydroxylation sites is 1. The van der Waals surface area contributed by atoms with E-state index in [1.165, 1.54) is 31.1 Å². The van der Waals surface area contributed by atoms with Crippen LogP contribution in [0.3, 0.4) is 0 Å². The zero-order valence-corrected chi connectivity index (χ0v) is 15.2. The molecule has 0 unspecified atom stereocenters. The van der Waals surface area contributed by atoms with Crippen LogP contribution in [-0.2, 0) is 5.75 Å². The highest BCUT2D eigenvalue weighted by Crippen LogP contribution is 2.24. The first-order chi connectivity index (χ1) is 13.2. The van der Waals surface area contributed by atoms with Crippen molar-refractivity contribution in [3.8, 4) is 11.4 Å². The van der Waals surface area contributed by atoms with Crippen LogP contribution in [0, 0.1) is 5.82 Å². The van der Waals surface area contributed by atoms with E-state index in [4.69, 9.17) is 4.74 Å². The summed E-state index contributed by atoms with van der Waals surface area (Å²) in [5.74, 6) is 0.229. The maximum absolute atomic E-state index is 13.8. The number of rotatable bonds is 5. The van der Waals surface area contributed by atoms with Crippen molar-refractivity contribution in [3.63, 3.8) is 0 Å². The maximum atomic E-state index is 13.8. The van der Waals surface area contributed by atoms with Crippen LogP contribution in [0.15, 0.2) is 64.7 Å². The molecule has 0 saturated heterocycles. The first-order valence-electron chi connectivity index (χ1n) is 8.14. The lowest BCUT2D eigenvalue weighted by Crippen LogP contribution is -2.09. The number of halogens is 1. The number of H-pyrrole nitrogens is 1. The Morgan fingerprint density at radius 1 is 1.22 bits per heavy atom. The van der Waals surface area contributed by atoms with Crippen LogP contribution in [0.5, 0.6) is 5.75 Å². The van der Waals surface area contributed by atoms with Crippen molar-refractivity contribution in [2.75, 3.05) is 7.11 Å². The number of nitrogens with zero attached hydrogens (tertiary/aromatic N) is 3. The number of fused-ring (bicyclic) bond motifs is 1. The van der Waals surface area contributed by atoms with Crippen molar-refractivity contribution in [3.05, 3.63) is 76.5 Å². The van der Waals surface area contributed by atoms with Gasteiger partial charge in [-0.2, -0.15) is 5.10 Å². The predicted octanol–water partition coefficient (Wildman–Crippen LogP) is 3.55. The Hall–Kier alpha value is -3.13. The van der Waals surface area contributed by atoms with Gasteiger partial charge in [0.25, 0.3) is 5.56 Å². The van der Waals surface area contributed by atoms with Crippen molar-refractivity contribution < 1.29 is 9.13 Å². The maximum Gasteiger partial charge on any atom is 0.262 e. The fourth-order valence-corrected chi connectivity index (χ4v) is 3.48. The molecule has 0 radical (unpaired) electrons. The fraction of sp³-hybridized carbons (Fsp3) is 0.105. The first kappa shape index (κ1) is 17.3. The van der Waals surface area contributed by atoms with E-state index in [9.17, 15) is 9.18 Å². The van der Waals surface area contributed by atoms with E-state index in [0.717, 1.165) is 11.3 Å². The molecule has 6 nitrogen and oxygen atoms in total. The number of aromatic amines is 1. The average Bonchev–Trinajstić information content (AvgIpc) is 3.12. The Bertz CT molecular complexity index is 1160. The Balaban J connectivity index is 1.65. The van der Waals surface area contributed by atoms with Gasteiger partial charge < -0.3 is 9.72 Å². The minimum Gasteiger partial charge on any atom is -0.494 e. The van der Waals surface area contributed by atoms with Gasteiger partial charge in [0.05, 0.1) is 19.0 Å². The molecule has 136 valence electrons. The molecule has 0 fully saturated rings. The highest BCUT2D eigenvalue weighted by Gasteiger charge is 2.12. The van der Waals surface area contributed by atoms with Crippen LogP contribution in [0.25, 0.3) is 16.7 Å². The summed E-state index contributed by atoms with van der Waals surface area (Å²) in [7, 11) is 1.42. The predicted molar refractivity (Wildman–Crippen MR) is 102 cm³/mol. The normalized spacial score (nSPS) is 11.0. The molecular weight excluding hydrogens is 367 g/mol. The Morgan fingerprint density at radius 3 is 2.78 bits per heavy atom. The molecule has 0 saturated carbocycles. The molecule has 1 N–H and O–H groups in total. The Kier molecular flexibility index (Phi) is 4.64. The van der Waals surface area contributed by atoms with Crippen molar-refractivity contribution in [2.45, 2.75) is 10.9 Å². The van der Waals surface area contributed by atoms with E-state index in [0.29, 0.717) is 21.9 Å². The van der Waals surface area contributed by atoms with Gasteiger partial charge in [0.15, 0.2) is 22.4 Å². The van der Waals surface area contributed by atoms with Crippen LogP contribution >= 0.6 is 11.8 Å². The summed E-state index contributed by atoms with van der Waals surface area (Å²) in [5, 5.41) is 5.14. The SMILES string of the molecule is COc1ccc(CSc2nc3c(cnn3-c3ccccc3)c(=O)[nH]2)cc1F. The molecular formula is C19H15FN4O2S. The van der Waals surface area contributed by atoms with E-state index >= 15 is 0 Å². The molecule has 2 heterocycles. The fourth-order valence-electron chi connectivity index (χ4n) is 2.68. The molecule has 27 heavy (non-hydrogen) atoms. The van der Waals surface area contributed by atoms with E-state index in [1.807, 2.05) is 30.3 Å².